The molecule has 0 spiro atoms. The highest BCUT2D eigenvalue weighted by molar-refractivity contribution is 7.17. The number of hydrogen-bond donors (Lipinski definition) is 0. The second kappa shape index (κ2) is 10.3. The number of ether oxygens (including phenoxy) is 2. The molecule has 1 saturated heterocycles. The van der Waals surface area contributed by atoms with E-state index in [0.717, 1.165) is 22.6 Å². The Morgan fingerprint density at radius 1 is 0.882 bits per heavy atom. The Morgan fingerprint density at radius 3 is 2.26 bits per heavy atom. The standard InChI is InChI=1S/C26H29N3O4S/c1-17-7-5-8-20(15-17)25(30)28-11-6-12-29(14-13-28)26(31)23-18(2)27-24(34-23)19-9-10-21(32-3)22(16-19)33-4/h5,7-10,15-16H,6,11-14H2,1-4H3. The summed E-state index contributed by atoms with van der Waals surface area (Å²) in [7, 11) is 3.19. The van der Waals surface area contributed by atoms with Crippen molar-refractivity contribution in [3.05, 3.63) is 64.2 Å². The van der Waals surface area contributed by atoms with E-state index in [9.17, 15) is 9.59 Å². The van der Waals surface area contributed by atoms with E-state index >= 15 is 0 Å². The minimum absolute atomic E-state index is 0.0164. The van der Waals surface area contributed by atoms with Crippen LogP contribution in [0.1, 0.15) is 37.7 Å². The molecule has 0 bridgehead atoms. The molecule has 34 heavy (non-hydrogen) atoms. The van der Waals surface area contributed by atoms with Crippen molar-refractivity contribution in [1.29, 1.82) is 0 Å². The maximum Gasteiger partial charge on any atom is 0.265 e. The largest absolute Gasteiger partial charge is 0.493 e. The van der Waals surface area contributed by atoms with Crippen LogP contribution in [-0.2, 0) is 0 Å². The number of rotatable bonds is 5. The number of thiazole rings is 1. The van der Waals surface area contributed by atoms with Gasteiger partial charge in [-0.1, -0.05) is 17.7 Å². The van der Waals surface area contributed by atoms with Gasteiger partial charge in [-0.25, -0.2) is 4.98 Å². The third-order valence-corrected chi connectivity index (χ3v) is 7.15. The van der Waals surface area contributed by atoms with E-state index < -0.39 is 0 Å². The van der Waals surface area contributed by atoms with Crippen molar-refractivity contribution in [3.63, 3.8) is 0 Å². The van der Waals surface area contributed by atoms with Gasteiger partial charge in [-0.05, 0) is 50.6 Å². The smallest absolute Gasteiger partial charge is 0.265 e. The number of aromatic nitrogens is 1. The van der Waals surface area contributed by atoms with E-state index in [-0.39, 0.29) is 11.8 Å². The number of benzene rings is 2. The third kappa shape index (κ3) is 4.92. The van der Waals surface area contributed by atoms with Crippen LogP contribution in [0, 0.1) is 13.8 Å². The second-order valence-corrected chi connectivity index (χ2v) is 9.31. The van der Waals surface area contributed by atoms with Gasteiger partial charge in [0.05, 0.1) is 19.9 Å². The van der Waals surface area contributed by atoms with Crippen LogP contribution in [0.15, 0.2) is 42.5 Å². The topological polar surface area (TPSA) is 72.0 Å². The van der Waals surface area contributed by atoms with Crippen LogP contribution in [0.2, 0.25) is 0 Å². The lowest BCUT2D eigenvalue weighted by molar-refractivity contribution is 0.0720. The van der Waals surface area contributed by atoms with E-state index in [1.807, 2.05) is 66.1 Å². The quantitative estimate of drug-likeness (QED) is 0.541. The lowest BCUT2D eigenvalue weighted by Crippen LogP contribution is -2.37. The molecule has 1 aromatic heterocycles. The van der Waals surface area contributed by atoms with Gasteiger partial charge in [-0.15, -0.1) is 11.3 Å². The summed E-state index contributed by atoms with van der Waals surface area (Å²) in [5.41, 5.74) is 3.33. The minimum atomic E-state index is -0.0356. The SMILES string of the molecule is COc1ccc(-c2nc(C)c(C(=O)N3CCCN(C(=O)c4cccc(C)c4)CC3)s2)cc1OC. The summed E-state index contributed by atoms with van der Waals surface area (Å²) in [6, 6.07) is 13.2. The molecule has 1 aliphatic heterocycles. The maximum atomic E-state index is 13.4. The van der Waals surface area contributed by atoms with Crippen LogP contribution in [0.3, 0.4) is 0 Å². The summed E-state index contributed by atoms with van der Waals surface area (Å²) < 4.78 is 10.7. The molecule has 2 heterocycles. The summed E-state index contributed by atoms with van der Waals surface area (Å²) in [6.45, 7) is 6.10. The first kappa shape index (κ1) is 23.8. The summed E-state index contributed by atoms with van der Waals surface area (Å²) in [5.74, 6) is 1.24. The van der Waals surface area contributed by atoms with Crippen molar-refractivity contribution < 1.29 is 19.1 Å². The minimum Gasteiger partial charge on any atom is -0.493 e. The Morgan fingerprint density at radius 2 is 1.59 bits per heavy atom. The number of carbonyl (C=O) groups excluding carboxylic acids is 2. The van der Waals surface area contributed by atoms with E-state index in [2.05, 4.69) is 4.98 Å². The fourth-order valence-electron chi connectivity index (χ4n) is 4.12. The van der Waals surface area contributed by atoms with E-state index in [1.54, 1.807) is 14.2 Å². The molecule has 0 aliphatic carbocycles. The van der Waals surface area contributed by atoms with Gasteiger partial charge >= 0.3 is 0 Å². The molecule has 8 heteroatoms. The Hall–Kier alpha value is -3.39. The molecule has 1 fully saturated rings. The van der Waals surface area contributed by atoms with E-state index in [4.69, 9.17) is 9.47 Å². The summed E-state index contributed by atoms with van der Waals surface area (Å²) in [6.07, 6.45) is 0.740. The molecular formula is C26H29N3O4S. The van der Waals surface area contributed by atoms with Gasteiger partial charge in [0.15, 0.2) is 11.5 Å². The molecule has 0 unspecified atom stereocenters. The lowest BCUT2D eigenvalue weighted by Gasteiger charge is -2.22. The van der Waals surface area contributed by atoms with Crippen molar-refractivity contribution >= 4 is 23.2 Å². The van der Waals surface area contributed by atoms with Gasteiger partial charge in [0.25, 0.3) is 11.8 Å². The van der Waals surface area contributed by atoms with E-state index in [1.165, 1.54) is 11.3 Å². The zero-order valence-corrected chi connectivity index (χ0v) is 20.8. The monoisotopic (exact) mass is 479 g/mol. The normalized spacial score (nSPS) is 14.0. The Balaban J connectivity index is 1.48. The van der Waals surface area contributed by atoms with Crippen LogP contribution in [0.5, 0.6) is 11.5 Å². The van der Waals surface area contributed by atoms with Crippen molar-refractivity contribution in [2.24, 2.45) is 0 Å². The molecule has 1 aliphatic rings. The lowest BCUT2D eigenvalue weighted by atomic mass is 10.1. The highest BCUT2D eigenvalue weighted by Gasteiger charge is 2.26. The number of nitrogens with zero attached hydrogens (tertiary/aromatic N) is 3. The fraction of sp³-hybridized carbons (Fsp3) is 0.346. The van der Waals surface area contributed by atoms with Crippen molar-refractivity contribution in [2.45, 2.75) is 20.3 Å². The van der Waals surface area contributed by atoms with Gasteiger partial charge in [0.2, 0.25) is 0 Å². The zero-order valence-electron chi connectivity index (χ0n) is 20.0. The van der Waals surface area contributed by atoms with Crippen LogP contribution in [-0.4, -0.2) is 67.0 Å². The highest BCUT2D eigenvalue weighted by atomic mass is 32.1. The molecule has 0 N–H and O–H groups in total. The van der Waals surface area contributed by atoms with Crippen LogP contribution in [0.25, 0.3) is 10.6 Å². The molecule has 0 saturated carbocycles. The number of methoxy groups -OCH3 is 2. The van der Waals surface area contributed by atoms with Gasteiger partial charge in [0, 0.05) is 37.3 Å². The third-order valence-electron chi connectivity index (χ3n) is 5.96. The zero-order chi connectivity index (χ0) is 24.2. The first-order valence-electron chi connectivity index (χ1n) is 11.3. The van der Waals surface area contributed by atoms with Crippen LogP contribution >= 0.6 is 11.3 Å². The Kier molecular flexibility index (Phi) is 7.17. The number of amides is 2. The average Bonchev–Trinajstić information content (AvgIpc) is 3.07. The van der Waals surface area contributed by atoms with Crippen molar-refractivity contribution in [1.82, 2.24) is 14.8 Å². The molecule has 2 amide bonds. The number of hydrogen-bond acceptors (Lipinski definition) is 6. The molecular weight excluding hydrogens is 450 g/mol. The molecule has 0 atom stereocenters. The first-order valence-corrected chi connectivity index (χ1v) is 12.1. The Labute approximate surface area is 203 Å². The predicted molar refractivity (Wildman–Crippen MR) is 133 cm³/mol. The number of carbonyl (C=O) groups is 2. The van der Waals surface area contributed by atoms with Gasteiger partial charge < -0.3 is 19.3 Å². The molecule has 0 radical (unpaired) electrons. The maximum absolute atomic E-state index is 13.4. The second-order valence-electron chi connectivity index (χ2n) is 8.31. The van der Waals surface area contributed by atoms with E-state index in [0.29, 0.717) is 53.8 Å². The molecule has 178 valence electrons. The Bertz CT molecular complexity index is 1210. The van der Waals surface area contributed by atoms with Crippen LogP contribution < -0.4 is 9.47 Å². The summed E-state index contributed by atoms with van der Waals surface area (Å²) >= 11 is 1.38. The van der Waals surface area contributed by atoms with Gasteiger partial charge in [-0.3, -0.25) is 9.59 Å². The first-order chi connectivity index (χ1) is 16.4. The molecule has 2 aromatic carbocycles. The number of aryl methyl sites for hydroxylation is 2. The summed E-state index contributed by atoms with van der Waals surface area (Å²) in [5, 5.41) is 0.757. The fourth-order valence-corrected chi connectivity index (χ4v) is 5.15. The highest BCUT2D eigenvalue weighted by Crippen LogP contribution is 2.35. The van der Waals surface area contributed by atoms with Gasteiger partial charge in [-0.2, -0.15) is 0 Å². The molecule has 4 rings (SSSR count). The van der Waals surface area contributed by atoms with Crippen LogP contribution in [0.4, 0.5) is 0 Å². The van der Waals surface area contributed by atoms with Crippen molar-refractivity contribution in [3.8, 4) is 22.1 Å². The van der Waals surface area contributed by atoms with Crippen molar-refractivity contribution in [2.75, 3.05) is 40.4 Å². The molecule has 3 aromatic rings. The predicted octanol–water partition coefficient (Wildman–Crippen LogP) is 4.43. The van der Waals surface area contributed by atoms with Gasteiger partial charge in [0.1, 0.15) is 9.88 Å². The molecule has 7 nitrogen and oxygen atoms in total. The average molecular weight is 480 g/mol. The summed E-state index contributed by atoms with van der Waals surface area (Å²) in [4.78, 5) is 35.3.